The standard InChI is InChI=1S/C9H12Si2/c1-10-11-8-7-9-5-3-2-4-6-9/h2-6H,7-8H2,1H3. The first-order valence-electron chi connectivity index (χ1n) is 3.87. The van der Waals surface area contributed by atoms with Gasteiger partial charge in [-0.05, 0) is 12.0 Å². The molecule has 0 saturated carbocycles. The maximum absolute atomic E-state index is 2.28. The fraction of sp³-hybridized carbons (Fsp3) is 0.333. The Bertz CT molecular complexity index is 184. The molecule has 0 aliphatic carbocycles. The summed E-state index contributed by atoms with van der Waals surface area (Å²) >= 11 is 0. The van der Waals surface area contributed by atoms with E-state index in [9.17, 15) is 0 Å². The van der Waals surface area contributed by atoms with Gasteiger partial charge >= 0.3 is 0 Å². The molecular formula is C9H12Si2. The predicted molar refractivity (Wildman–Crippen MR) is 52.3 cm³/mol. The van der Waals surface area contributed by atoms with Crippen molar-refractivity contribution in [1.29, 1.82) is 0 Å². The van der Waals surface area contributed by atoms with Crippen LogP contribution in [0.4, 0.5) is 0 Å². The second-order valence-electron chi connectivity index (χ2n) is 2.41. The Morgan fingerprint density at radius 3 is 2.55 bits per heavy atom. The van der Waals surface area contributed by atoms with Crippen LogP contribution in [0.5, 0.6) is 0 Å². The van der Waals surface area contributed by atoms with Crippen LogP contribution in [0.1, 0.15) is 5.56 Å². The van der Waals surface area contributed by atoms with E-state index in [0.29, 0.717) is 0 Å². The van der Waals surface area contributed by atoms with Gasteiger partial charge in [-0.1, -0.05) is 42.9 Å². The van der Waals surface area contributed by atoms with E-state index in [1.807, 2.05) is 0 Å². The summed E-state index contributed by atoms with van der Waals surface area (Å²) in [4.78, 5) is 0. The molecule has 0 amide bonds. The van der Waals surface area contributed by atoms with E-state index in [0.717, 1.165) is 9.04 Å². The summed E-state index contributed by atoms with van der Waals surface area (Å²) < 4.78 is 0. The average molecular weight is 176 g/mol. The molecule has 0 saturated heterocycles. The van der Waals surface area contributed by atoms with E-state index < -0.39 is 0 Å². The normalized spacial score (nSPS) is 9.91. The summed E-state index contributed by atoms with van der Waals surface area (Å²) in [5, 5.41) is 0. The zero-order valence-electron chi connectivity index (χ0n) is 6.80. The minimum absolute atomic E-state index is 1.14. The maximum Gasteiger partial charge on any atom is 0.0222 e. The van der Waals surface area contributed by atoms with Gasteiger partial charge in [-0.2, -0.15) is 0 Å². The van der Waals surface area contributed by atoms with Crippen molar-refractivity contribution in [2.45, 2.75) is 19.0 Å². The Labute approximate surface area is 73.5 Å². The van der Waals surface area contributed by atoms with Crippen molar-refractivity contribution in [1.82, 2.24) is 0 Å². The van der Waals surface area contributed by atoms with E-state index in [-0.39, 0.29) is 0 Å². The molecule has 1 rings (SSSR count). The second kappa shape index (κ2) is 5.32. The van der Waals surface area contributed by atoms with Gasteiger partial charge in [-0.25, -0.2) is 0 Å². The SMILES string of the molecule is C[Si][Si]CCc1ccccc1. The lowest BCUT2D eigenvalue weighted by atomic mass is 10.2. The molecule has 0 aliphatic heterocycles. The van der Waals surface area contributed by atoms with E-state index in [1.54, 1.807) is 0 Å². The van der Waals surface area contributed by atoms with Crippen molar-refractivity contribution in [3.8, 4) is 0 Å². The van der Waals surface area contributed by atoms with Crippen molar-refractivity contribution in [2.24, 2.45) is 0 Å². The van der Waals surface area contributed by atoms with Gasteiger partial charge in [0.15, 0.2) is 0 Å². The zero-order chi connectivity index (χ0) is 7.94. The van der Waals surface area contributed by atoms with Crippen molar-refractivity contribution >= 4 is 18.1 Å². The van der Waals surface area contributed by atoms with Crippen LogP contribution in [0, 0.1) is 0 Å². The van der Waals surface area contributed by atoms with Crippen LogP contribution in [0.15, 0.2) is 30.3 Å². The lowest BCUT2D eigenvalue weighted by Crippen LogP contribution is -1.98. The third-order valence-corrected chi connectivity index (χ3v) is 4.22. The molecule has 0 aromatic heterocycles. The molecule has 0 unspecified atom stereocenters. The molecule has 56 valence electrons. The Morgan fingerprint density at radius 1 is 1.18 bits per heavy atom. The van der Waals surface area contributed by atoms with Gasteiger partial charge in [-0.3, -0.25) is 0 Å². The molecule has 0 spiro atoms. The Hall–Kier alpha value is -0.346. The van der Waals surface area contributed by atoms with Crippen molar-refractivity contribution in [3.05, 3.63) is 35.9 Å². The second-order valence-corrected chi connectivity index (χ2v) is 6.33. The summed E-state index contributed by atoms with van der Waals surface area (Å²) in [5.74, 6) is 0. The van der Waals surface area contributed by atoms with Gasteiger partial charge in [-0.15, -0.1) is 0 Å². The molecule has 0 atom stereocenters. The number of aryl methyl sites for hydroxylation is 1. The highest BCUT2D eigenvalue weighted by atomic mass is 29.1. The number of benzene rings is 1. The van der Waals surface area contributed by atoms with Gasteiger partial charge in [0.1, 0.15) is 0 Å². The summed E-state index contributed by atoms with van der Waals surface area (Å²) in [6, 6.07) is 12.1. The maximum atomic E-state index is 2.28. The van der Waals surface area contributed by atoms with E-state index >= 15 is 0 Å². The number of hydrogen-bond acceptors (Lipinski definition) is 0. The van der Waals surface area contributed by atoms with E-state index in [2.05, 4.69) is 36.9 Å². The van der Waals surface area contributed by atoms with Crippen LogP contribution in [0.3, 0.4) is 0 Å². The van der Waals surface area contributed by atoms with Crippen LogP contribution in [0.2, 0.25) is 12.6 Å². The molecule has 0 heterocycles. The highest BCUT2D eigenvalue weighted by Gasteiger charge is 1.90. The van der Waals surface area contributed by atoms with Crippen LogP contribution < -0.4 is 0 Å². The minimum Gasteiger partial charge on any atom is -0.0759 e. The third-order valence-electron chi connectivity index (χ3n) is 1.56. The molecule has 1 aromatic rings. The van der Waals surface area contributed by atoms with Crippen LogP contribution >= 0.6 is 0 Å². The molecular weight excluding hydrogens is 164 g/mol. The van der Waals surface area contributed by atoms with Crippen molar-refractivity contribution < 1.29 is 0 Å². The van der Waals surface area contributed by atoms with E-state index in [4.69, 9.17) is 0 Å². The fourth-order valence-corrected chi connectivity index (χ4v) is 2.77. The Kier molecular flexibility index (Phi) is 4.23. The first kappa shape index (κ1) is 8.75. The minimum atomic E-state index is 1.14. The van der Waals surface area contributed by atoms with Crippen molar-refractivity contribution in [2.75, 3.05) is 0 Å². The lowest BCUT2D eigenvalue weighted by molar-refractivity contribution is 1.13. The summed E-state index contributed by atoms with van der Waals surface area (Å²) in [6.07, 6.45) is 1.26. The Morgan fingerprint density at radius 2 is 1.91 bits per heavy atom. The number of rotatable bonds is 4. The van der Waals surface area contributed by atoms with Crippen LogP contribution in [-0.2, 0) is 6.42 Å². The van der Waals surface area contributed by atoms with Crippen LogP contribution in [0.25, 0.3) is 0 Å². The van der Waals surface area contributed by atoms with Gasteiger partial charge in [0, 0.05) is 18.1 Å². The zero-order valence-corrected chi connectivity index (χ0v) is 8.80. The number of hydrogen-bond donors (Lipinski definition) is 0. The first-order valence-corrected chi connectivity index (χ1v) is 7.57. The van der Waals surface area contributed by atoms with Gasteiger partial charge in [0.2, 0.25) is 0 Å². The third kappa shape index (κ3) is 3.53. The summed E-state index contributed by atoms with van der Waals surface area (Å²) in [6.45, 7) is 2.28. The molecule has 0 fully saturated rings. The average Bonchev–Trinajstić information content (AvgIpc) is 2.07. The van der Waals surface area contributed by atoms with Gasteiger partial charge in [0.05, 0.1) is 0 Å². The van der Waals surface area contributed by atoms with Gasteiger partial charge in [0.25, 0.3) is 0 Å². The molecule has 0 aliphatic rings. The van der Waals surface area contributed by atoms with Crippen LogP contribution in [-0.4, -0.2) is 18.1 Å². The van der Waals surface area contributed by atoms with Crippen molar-refractivity contribution in [3.63, 3.8) is 0 Å². The quantitative estimate of drug-likeness (QED) is 0.486. The first-order chi connectivity index (χ1) is 5.43. The molecule has 0 N–H and O–H groups in total. The molecule has 4 radical (unpaired) electrons. The highest BCUT2D eigenvalue weighted by molar-refractivity contribution is 6.99. The molecule has 2 heteroatoms. The largest absolute Gasteiger partial charge is 0.0759 e. The topological polar surface area (TPSA) is 0 Å². The summed E-state index contributed by atoms with van der Waals surface area (Å²) in [7, 11) is 2.31. The fourth-order valence-electron chi connectivity index (χ4n) is 0.977. The van der Waals surface area contributed by atoms with Gasteiger partial charge < -0.3 is 0 Å². The lowest BCUT2D eigenvalue weighted by Gasteiger charge is -1.97. The molecule has 11 heavy (non-hydrogen) atoms. The monoisotopic (exact) mass is 176 g/mol. The Balaban J connectivity index is 2.28. The molecule has 0 bridgehead atoms. The molecule has 0 nitrogen and oxygen atoms in total. The van der Waals surface area contributed by atoms with E-state index in [1.165, 1.54) is 27.1 Å². The molecule has 1 aromatic carbocycles. The smallest absolute Gasteiger partial charge is 0.0222 e. The predicted octanol–water partition coefficient (Wildman–Crippen LogP) is 2.02. The highest BCUT2D eigenvalue weighted by Crippen LogP contribution is 2.01. The summed E-state index contributed by atoms with van der Waals surface area (Å²) in [5.41, 5.74) is 1.48.